The van der Waals surface area contributed by atoms with Gasteiger partial charge >= 0.3 is 0 Å². The summed E-state index contributed by atoms with van der Waals surface area (Å²) in [7, 11) is 0. The molecule has 0 bridgehead atoms. The molecular formula is C13H11Br2N3O2. The number of carbonyl (C=O) groups is 1. The zero-order valence-electron chi connectivity index (χ0n) is 10.5. The number of ether oxygens (including phenoxy) is 1. The van der Waals surface area contributed by atoms with E-state index >= 15 is 0 Å². The van der Waals surface area contributed by atoms with Crippen molar-refractivity contribution in [2.24, 2.45) is 0 Å². The molecule has 0 aliphatic rings. The molecule has 0 spiro atoms. The van der Waals surface area contributed by atoms with Crippen LogP contribution in [0, 0.1) is 0 Å². The van der Waals surface area contributed by atoms with Gasteiger partial charge in [-0.25, -0.2) is 9.97 Å². The Morgan fingerprint density at radius 1 is 1.30 bits per heavy atom. The molecule has 1 aromatic carbocycles. The second-order valence-electron chi connectivity index (χ2n) is 3.90. The Kier molecular flexibility index (Phi) is 5.08. The first kappa shape index (κ1) is 14.9. The van der Waals surface area contributed by atoms with E-state index in [2.05, 4.69) is 47.1 Å². The van der Waals surface area contributed by atoms with Gasteiger partial charge in [-0.2, -0.15) is 0 Å². The summed E-state index contributed by atoms with van der Waals surface area (Å²) >= 11 is 6.73. The molecule has 0 unspecified atom stereocenters. The van der Waals surface area contributed by atoms with E-state index in [9.17, 15) is 4.79 Å². The lowest BCUT2D eigenvalue weighted by Gasteiger charge is -2.15. The fourth-order valence-corrected chi connectivity index (χ4v) is 2.53. The minimum atomic E-state index is -0.670. The van der Waals surface area contributed by atoms with Crippen LogP contribution >= 0.6 is 31.9 Å². The standard InChI is InChI=1S/C13H11Br2N3O2/c1-8(12(19)18-13-16-5-2-6-17-13)20-11-4-3-9(14)7-10(11)15/h2-8H,1H3,(H,16,17,18,19)/t8-/m1/s1. The van der Waals surface area contributed by atoms with Crippen LogP contribution in [0.5, 0.6) is 5.75 Å². The molecule has 0 saturated heterocycles. The van der Waals surface area contributed by atoms with Gasteiger partial charge in [0.1, 0.15) is 5.75 Å². The van der Waals surface area contributed by atoms with Gasteiger partial charge in [0.15, 0.2) is 6.10 Å². The molecule has 7 heteroatoms. The normalized spacial score (nSPS) is 11.8. The highest BCUT2D eigenvalue weighted by atomic mass is 79.9. The van der Waals surface area contributed by atoms with E-state index in [1.165, 1.54) is 0 Å². The van der Waals surface area contributed by atoms with Crippen LogP contribution in [0.2, 0.25) is 0 Å². The summed E-state index contributed by atoms with van der Waals surface area (Å²) in [6.07, 6.45) is 2.44. The highest BCUT2D eigenvalue weighted by Gasteiger charge is 2.17. The summed E-state index contributed by atoms with van der Waals surface area (Å²) < 4.78 is 7.29. The predicted molar refractivity (Wildman–Crippen MR) is 82.6 cm³/mol. The van der Waals surface area contributed by atoms with Crippen molar-refractivity contribution in [1.29, 1.82) is 0 Å². The van der Waals surface area contributed by atoms with Crippen LogP contribution in [0.15, 0.2) is 45.6 Å². The van der Waals surface area contributed by atoms with E-state index in [1.807, 2.05) is 12.1 Å². The van der Waals surface area contributed by atoms with Gasteiger partial charge in [-0.15, -0.1) is 0 Å². The zero-order chi connectivity index (χ0) is 14.5. The van der Waals surface area contributed by atoms with E-state index < -0.39 is 6.10 Å². The predicted octanol–water partition coefficient (Wildman–Crippen LogP) is 3.41. The molecule has 1 atom stereocenters. The van der Waals surface area contributed by atoms with Crippen LogP contribution in [-0.4, -0.2) is 22.0 Å². The minimum absolute atomic E-state index is 0.253. The molecule has 0 aliphatic heterocycles. The first-order valence-electron chi connectivity index (χ1n) is 5.76. The molecule has 0 fully saturated rings. The van der Waals surface area contributed by atoms with Crippen LogP contribution in [0.1, 0.15) is 6.92 Å². The number of aromatic nitrogens is 2. The molecule has 0 aliphatic carbocycles. The van der Waals surface area contributed by atoms with E-state index in [4.69, 9.17) is 4.74 Å². The number of benzene rings is 1. The topological polar surface area (TPSA) is 64.1 Å². The van der Waals surface area contributed by atoms with Gasteiger partial charge in [-0.05, 0) is 47.1 Å². The third-order valence-corrected chi connectivity index (χ3v) is 3.48. The number of carbonyl (C=O) groups excluding carboxylic acids is 1. The zero-order valence-corrected chi connectivity index (χ0v) is 13.7. The van der Waals surface area contributed by atoms with Gasteiger partial charge in [0.05, 0.1) is 4.47 Å². The third-order valence-electron chi connectivity index (χ3n) is 2.37. The van der Waals surface area contributed by atoms with Crippen LogP contribution in [-0.2, 0) is 4.79 Å². The Balaban J connectivity index is 2.00. The molecule has 5 nitrogen and oxygen atoms in total. The summed E-state index contributed by atoms with van der Waals surface area (Å²) in [5, 5.41) is 2.58. The van der Waals surface area contributed by atoms with Gasteiger partial charge in [0, 0.05) is 16.9 Å². The fourth-order valence-electron chi connectivity index (χ4n) is 1.39. The number of amides is 1. The smallest absolute Gasteiger partial charge is 0.267 e. The Morgan fingerprint density at radius 2 is 2.00 bits per heavy atom. The maximum absolute atomic E-state index is 12.0. The summed E-state index contributed by atoms with van der Waals surface area (Å²) in [5.41, 5.74) is 0. The largest absolute Gasteiger partial charge is 0.480 e. The maximum atomic E-state index is 12.0. The second kappa shape index (κ2) is 6.81. The Hall–Kier alpha value is -1.47. The van der Waals surface area contributed by atoms with Crippen molar-refractivity contribution < 1.29 is 9.53 Å². The van der Waals surface area contributed by atoms with Gasteiger partial charge in [-0.3, -0.25) is 10.1 Å². The summed E-state index contributed by atoms with van der Waals surface area (Å²) in [6, 6.07) is 7.14. The number of hydrogen-bond donors (Lipinski definition) is 1. The van der Waals surface area contributed by atoms with Crippen molar-refractivity contribution in [1.82, 2.24) is 9.97 Å². The average molecular weight is 401 g/mol. The molecule has 20 heavy (non-hydrogen) atoms. The number of halogens is 2. The minimum Gasteiger partial charge on any atom is -0.480 e. The number of anilines is 1. The molecule has 1 amide bonds. The first-order valence-corrected chi connectivity index (χ1v) is 7.34. The van der Waals surface area contributed by atoms with Crippen LogP contribution in [0.4, 0.5) is 5.95 Å². The van der Waals surface area contributed by atoms with Crippen molar-refractivity contribution in [3.8, 4) is 5.75 Å². The van der Waals surface area contributed by atoms with Gasteiger partial charge in [0.2, 0.25) is 5.95 Å². The fraction of sp³-hybridized carbons (Fsp3) is 0.154. The van der Waals surface area contributed by atoms with Crippen molar-refractivity contribution in [2.45, 2.75) is 13.0 Å². The van der Waals surface area contributed by atoms with Crippen molar-refractivity contribution in [3.63, 3.8) is 0 Å². The molecule has 0 saturated carbocycles. The first-order chi connectivity index (χ1) is 9.56. The third kappa shape index (κ3) is 4.01. The maximum Gasteiger partial charge on any atom is 0.267 e. The molecular weight excluding hydrogens is 390 g/mol. The van der Waals surface area contributed by atoms with Crippen LogP contribution in [0.3, 0.4) is 0 Å². The van der Waals surface area contributed by atoms with Gasteiger partial charge in [0.25, 0.3) is 5.91 Å². The number of nitrogens with zero attached hydrogens (tertiary/aromatic N) is 2. The lowest BCUT2D eigenvalue weighted by Crippen LogP contribution is -2.30. The monoisotopic (exact) mass is 399 g/mol. The molecule has 1 aromatic heterocycles. The van der Waals surface area contributed by atoms with Gasteiger partial charge < -0.3 is 4.74 Å². The highest BCUT2D eigenvalue weighted by molar-refractivity contribution is 9.11. The molecule has 0 radical (unpaired) electrons. The quantitative estimate of drug-likeness (QED) is 0.854. The number of nitrogens with one attached hydrogen (secondary N) is 1. The van der Waals surface area contributed by atoms with Gasteiger partial charge in [-0.1, -0.05) is 15.9 Å². The van der Waals surface area contributed by atoms with E-state index in [0.717, 1.165) is 8.95 Å². The van der Waals surface area contributed by atoms with Crippen LogP contribution < -0.4 is 10.1 Å². The molecule has 104 valence electrons. The molecule has 1 heterocycles. The van der Waals surface area contributed by atoms with E-state index in [0.29, 0.717) is 5.75 Å². The SMILES string of the molecule is C[C@@H](Oc1ccc(Br)cc1Br)C(=O)Nc1ncccn1. The Morgan fingerprint density at radius 3 is 2.65 bits per heavy atom. The summed E-state index contributed by atoms with van der Waals surface area (Å²) in [4.78, 5) is 19.8. The van der Waals surface area contributed by atoms with E-state index in [-0.39, 0.29) is 11.9 Å². The molecule has 2 aromatic rings. The van der Waals surface area contributed by atoms with Crippen LogP contribution in [0.25, 0.3) is 0 Å². The number of rotatable bonds is 4. The molecule has 1 N–H and O–H groups in total. The average Bonchev–Trinajstić information content (AvgIpc) is 2.43. The molecule has 2 rings (SSSR count). The lowest BCUT2D eigenvalue weighted by atomic mass is 10.3. The Labute approximate surface area is 133 Å². The summed E-state index contributed by atoms with van der Waals surface area (Å²) in [5.74, 6) is 0.527. The summed E-state index contributed by atoms with van der Waals surface area (Å²) in [6.45, 7) is 1.66. The highest BCUT2D eigenvalue weighted by Crippen LogP contribution is 2.29. The lowest BCUT2D eigenvalue weighted by molar-refractivity contribution is -0.122. The van der Waals surface area contributed by atoms with E-state index in [1.54, 1.807) is 31.5 Å². The van der Waals surface area contributed by atoms with Crippen molar-refractivity contribution in [2.75, 3.05) is 5.32 Å². The second-order valence-corrected chi connectivity index (χ2v) is 5.67. The van der Waals surface area contributed by atoms with Crippen molar-refractivity contribution >= 4 is 43.7 Å². The number of hydrogen-bond acceptors (Lipinski definition) is 4. The van der Waals surface area contributed by atoms with Crippen molar-refractivity contribution in [3.05, 3.63) is 45.6 Å². The Bertz CT molecular complexity index is 608.